The highest BCUT2D eigenvalue weighted by atomic mass is 16.5. The van der Waals surface area contributed by atoms with E-state index in [1.165, 1.54) is 10.8 Å². The van der Waals surface area contributed by atoms with Crippen LogP contribution in [0, 0.1) is 0 Å². The number of aromatic nitrogens is 1. The third kappa shape index (κ3) is 2.64. The second-order valence-corrected chi connectivity index (χ2v) is 10.5. The molecule has 0 atom stereocenters. The minimum absolute atomic E-state index is 0.609. The largest absolute Gasteiger partial charge is 0.457 e. The molecule has 9 rings (SSSR count). The topological polar surface area (TPSA) is 23.4 Å². The van der Waals surface area contributed by atoms with Crippen molar-refractivity contribution in [2.45, 2.75) is 5.41 Å². The summed E-state index contributed by atoms with van der Waals surface area (Å²) in [5.74, 6) is 3.47. The van der Waals surface area contributed by atoms with Gasteiger partial charge in [-0.1, -0.05) is 103 Å². The van der Waals surface area contributed by atoms with Crippen LogP contribution in [0.3, 0.4) is 0 Å². The number of benzene rings is 6. The number of rotatable bonds is 1. The molecule has 0 bridgehead atoms. The first-order valence-electron chi connectivity index (χ1n) is 13.6. The molecule has 3 heterocycles. The lowest BCUT2D eigenvalue weighted by Crippen LogP contribution is -2.36. The van der Waals surface area contributed by atoms with Gasteiger partial charge in [0.1, 0.15) is 17.2 Å². The highest BCUT2D eigenvalue weighted by Gasteiger charge is 2.51. The first-order chi connectivity index (χ1) is 19.9. The lowest BCUT2D eigenvalue weighted by molar-refractivity contribution is 0.401. The average molecular weight is 514 g/mol. The molecule has 40 heavy (non-hydrogen) atoms. The highest BCUT2D eigenvalue weighted by Crippen LogP contribution is 2.62. The van der Waals surface area contributed by atoms with Gasteiger partial charge in [-0.25, -0.2) is 0 Å². The maximum atomic E-state index is 6.98. The minimum atomic E-state index is -0.609. The van der Waals surface area contributed by atoms with Gasteiger partial charge in [-0.3, -0.25) is 0 Å². The monoisotopic (exact) mass is 513 g/mol. The van der Waals surface area contributed by atoms with Crippen LogP contribution in [0.15, 0.2) is 140 Å². The number of ether oxygens (including phenoxy) is 2. The molecule has 3 nitrogen and oxygen atoms in total. The summed E-state index contributed by atoms with van der Waals surface area (Å²) in [5.41, 5.74) is 7.18. The molecule has 188 valence electrons. The first-order valence-corrected chi connectivity index (χ1v) is 13.6. The number of para-hydroxylation sites is 5. The van der Waals surface area contributed by atoms with Crippen LogP contribution in [0.2, 0.25) is 0 Å². The third-order valence-electron chi connectivity index (χ3n) is 8.51. The van der Waals surface area contributed by atoms with Crippen molar-refractivity contribution >= 4 is 21.8 Å². The maximum absolute atomic E-state index is 6.98. The van der Waals surface area contributed by atoms with E-state index in [0.29, 0.717) is 0 Å². The number of nitrogens with zero attached hydrogens (tertiary/aromatic N) is 1. The van der Waals surface area contributed by atoms with E-state index in [0.717, 1.165) is 62.0 Å². The van der Waals surface area contributed by atoms with E-state index in [9.17, 15) is 0 Å². The molecular weight excluding hydrogens is 490 g/mol. The standard InChI is InChI=1S/C37H23NO2/c1-2-12-24(13-3-1)38-31-18-8-4-14-25(31)26-22-23-30-36(35(26)38)40-34-21-11-7-17-29(34)37(30)27-15-5-9-19-32(27)39-33-20-10-6-16-28(33)37/h1-23H. The molecular formula is C37H23NO2. The predicted octanol–water partition coefficient (Wildman–Crippen LogP) is 9.38. The van der Waals surface area contributed by atoms with Gasteiger partial charge in [0, 0.05) is 38.7 Å². The van der Waals surface area contributed by atoms with Gasteiger partial charge in [0.25, 0.3) is 0 Å². The molecule has 0 N–H and O–H groups in total. The Kier molecular flexibility index (Phi) is 4.26. The summed E-state index contributed by atoms with van der Waals surface area (Å²) in [6.45, 7) is 0. The quantitative estimate of drug-likeness (QED) is 0.218. The van der Waals surface area contributed by atoms with E-state index >= 15 is 0 Å². The number of hydrogen-bond donors (Lipinski definition) is 0. The second kappa shape index (κ2) is 7.87. The molecule has 1 spiro atoms. The van der Waals surface area contributed by atoms with Crippen LogP contribution < -0.4 is 9.47 Å². The van der Waals surface area contributed by atoms with Crippen molar-refractivity contribution in [2.75, 3.05) is 0 Å². The van der Waals surface area contributed by atoms with Crippen LogP contribution in [0.25, 0.3) is 27.5 Å². The summed E-state index contributed by atoms with van der Waals surface area (Å²) < 4.78 is 15.8. The molecule has 0 unspecified atom stereocenters. The van der Waals surface area contributed by atoms with E-state index < -0.39 is 5.41 Å². The zero-order valence-electron chi connectivity index (χ0n) is 21.5. The van der Waals surface area contributed by atoms with Crippen molar-refractivity contribution < 1.29 is 9.47 Å². The van der Waals surface area contributed by atoms with Gasteiger partial charge >= 0.3 is 0 Å². The summed E-state index contributed by atoms with van der Waals surface area (Å²) in [6.07, 6.45) is 0. The van der Waals surface area contributed by atoms with Crippen molar-refractivity contribution in [3.05, 3.63) is 162 Å². The van der Waals surface area contributed by atoms with Gasteiger partial charge in [0.2, 0.25) is 0 Å². The molecule has 2 aliphatic heterocycles. The van der Waals surface area contributed by atoms with Gasteiger partial charge in [0.05, 0.1) is 16.4 Å². The molecule has 0 aliphatic carbocycles. The average Bonchev–Trinajstić information content (AvgIpc) is 3.36. The minimum Gasteiger partial charge on any atom is -0.457 e. The molecule has 2 aliphatic rings. The Morgan fingerprint density at radius 1 is 0.425 bits per heavy atom. The lowest BCUT2D eigenvalue weighted by atomic mass is 9.62. The van der Waals surface area contributed by atoms with Crippen molar-refractivity contribution in [3.63, 3.8) is 0 Å². The van der Waals surface area contributed by atoms with E-state index in [1.807, 2.05) is 12.1 Å². The van der Waals surface area contributed by atoms with Crippen LogP contribution in [-0.4, -0.2) is 4.57 Å². The Balaban J connectivity index is 1.51. The van der Waals surface area contributed by atoms with Crippen molar-refractivity contribution in [2.24, 2.45) is 0 Å². The molecule has 3 heteroatoms. The van der Waals surface area contributed by atoms with Crippen LogP contribution in [0.4, 0.5) is 0 Å². The van der Waals surface area contributed by atoms with Gasteiger partial charge in [0.15, 0.2) is 5.75 Å². The van der Waals surface area contributed by atoms with Crippen LogP contribution in [-0.2, 0) is 5.41 Å². The second-order valence-electron chi connectivity index (χ2n) is 10.5. The van der Waals surface area contributed by atoms with E-state index in [1.54, 1.807) is 0 Å². The summed E-state index contributed by atoms with van der Waals surface area (Å²) in [5, 5.41) is 2.37. The van der Waals surface area contributed by atoms with Gasteiger partial charge in [-0.2, -0.15) is 0 Å². The Morgan fingerprint density at radius 3 is 1.65 bits per heavy atom. The Labute approximate surface area is 231 Å². The normalized spacial score (nSPS) is 14.1. The van der Waals surface area contributed by atoms with Gasteiger partial charge in [-0.05, 0) is 36.4 Å². The fraction of sp³-hybridized carbons (Fsp3) is 0.0270. The van der Waals surface area contributed by atoms with Crippen LogP contribution >= 0.6 is 0 Å². The SMILES string of the molecule is c1ccc(-n2c3ccccc3c3ccc4c(c32)Oc2ccccc2C42c3ccccc3Oc3ccccc32)cc1. The zero-order valence-corrected chi connectivity index (χ0v) is 21.5. The van der Waals surface area contributed by atoms with E-state index in [2.05, 4.69) is 132 Å². The Bertz CT molecular complexity index is 2060. The molecule has 6 aromatic carbocycles. The summed E-state index contributed by atoms with van der Waals surface area (Å²) >= 11 is 0. The zero-order chi connectivity index (χ0) is 26.3. The van der Waals surface area contributed by atoms with E-state index in [4.69, 9.17) is 9.47 Å². The van der Waals surface area contributed by atoms with Gasteiger partial charge < -0.3 is 14.0 Å². The molecule has 1 aromatic heterocycles. The van der Waals surface area contributed by atoms with E-state index in [-0.39, 0.29) is 0 Å². The summed E-state index contributed by atoms with van der Waals surface area (Å²) in [4.78, 5) is 0. The third-order valence-corrected chi connectivity index (χ3v) is 8.51. The Hall–Kier alpha value is -5.28. The smallest absolute Gasteiger partial charge is 0.156 e. The van der Waals surface area contributed by atoms with Crippen molar-refractivity contribution in [1.29, 1.82) is 0 Å². The molecule has 0 saturated heterocycles. The maximum Gasteiger partial charge on any atom is 0.156 e. The molecule has 7 aromatic rings. The fourth-order valence-electron chi connectivity index (χ4n) is 6.97. The van der Waals surface area contributed by atoms with Gasteiger partial charge in [-0.15, -0.1) is 0 Å². The van der Waals surface area contributed by atoms with Crippen molar-refractivity contribution in [1.82, 2.24) is 4.57 Å². The van der Waals surface area contributed by atoms with Crippen LogP contribution in [0.5, 0.6) is 23.0 Å². The number of fused-ring (bicyclic) bond motifs is 12. The van der Waals surface area contributed by atoms with Crippen molar-refractivity contribution in [3.8, 4) is 28.7 Å². The first kappa shape index (κ1) is 21.6. The fourth-order valence-corrected chi connectivity index (χ4v) is 6.97. The summed E-state index contributed by atoms with van der Waals surface area (Å²) in [7, 11) is 0. The number of hydrogen-bond acceptors (Lipinski definition) is 2. The Morgan fingerprint density at radius 2 is 0.975 bits per heavy atom. The molecule has 0 amide bonds. The van der Waals surface area contributed by atoms with Crippen LogP contribution in [0.1, 0.15) is 22.3 Å². The molecule has 0 saturated carbocycles. The lowest BCUT2D eigenvalue weighted by Gasteiger charge is -2.44. The molecule has 0 radical (unpaired) electrons. The highest BCUT2D eigenvalue weighted by molar-refractivity contribution is 6.12. The summed E-state index contributed by atoms with van der Waals surface area (Å²) in [6, 6.07) is 49.0. The molecule has 0 fully saturated rings. The predicted molar refractivity (Wildman–Crippen MR) is 159 cm³/mol.